The summed E-state index contributed by atoms with van der Waals surface area (Å²) in [7, 11) is -3.95. The van der Waals surface area contributed by atoms with Gasteiger partial charge in [0, 0.05) is 11.6 Å². The summed E-state index contributed by atoms with van der Waals surface area (Å²) in [4.78, 5) is -0.0915. The predicted octanol–water partition coefficient (Wildman–Crippen LogP) is 2.61. The fraction of sp³-hybridized carbons (Fsp3) is 0.308. The Hall–Kier alpha value is -1.80. The van der Waals surface area contributed by atoms with Crippen molar-refractivity contribution < 1.29 is 21.7 Å². The van der Waals surface area contributed by atoms with Crippen LogP contribution in [0.15, 0.2) is 27.6 Å². The Bertz CT molecular complexity index is 752. The van der Waals surface area contributed by atoms with Gasteiger partial charge in [-0.05, 0) is 39.0 Å². The van der Waals surface area contributed by atoms with E-state index in [2.05, 4.69) is 9.88 Å². The molecule has 1 N–H and O–H groups in total. The molecule has 1 atom stereocenters. The molecule has 1 aromatic carbocycles. The van der Waals surface area contributed by atoms with Gasteiger partial charge in [0.25, 0.3) is 0 Å². The molecule has 0 amide bonds. The Kier molecular flexibility index (Phi) is 4.11. The number of hydrogen-bond acceptors (Lipinski definition) is 4. The number of rotatable bonds is 4. The monoisotopic (exact) mass is 316 g/mol. The highest BCUT2D eigenvalue weighted by Gasteiger charge is 2.27. The minimum Gasteiger partial charge on any atom is -0.360 e. The molecule has 0 bridgehead atoms. The molecule has 0 aliphatic heterocycles. The second-order valence-corrected chi connectivity index (χ2v) is 6.31. The van der Waals surface area contributed by atoms with Crippen LogP contribution in [0.4, 0.5) is 8.78 Å². The van der Waals surface area contributed by atoms with E-state index in [-0.39, 0.29) is 21.9 Å². The molecule has 0 fully saturated rings. The molecular formula is C13H14F2N2O3S. The van der Waals surface area contributed by atoms with Crippen LogP contribution in [0.1, 0.15) is 30.0 Å². The number of benzene rings is 1. The van der Waals surface area contributed by atoms with Gasteiger partial charge in [0.2, 0.25) is 10.0 Å². The number of sulfonamides is 1. The third-order valence-corrected chi connectivity index (χ3v) is 4.78. The normalized spacial score (nSPS) is 13.4. The van der Waals surface area contributed by atoms with Gasteiger partial charge in [0.1, 0.15) is 22.2 Å². The van der Waals surface area contributed by atoms with E-state index in [1.54, 1.807) is 0 Å². The van der Waals surface area contributed by atoms with Gasteiger partial charge in [-0.2, -0.15) is 0 Å². The molecule has 1 heterocycles. The quantitative estimate of drug-likeness (QED) is 0.941. The molecule has 2 rings (SSSR count). The average Bonchev–Trinajstić information content (AvgIpc) is 2.72. The average molecular weight is 316 g/mol. The third-order valence-electron chi connectivity index (χ3n) is 2.99. The molecule has 1 aromatic heterocycles. The molecule has 8 heteroatoms. The number of nitrogens with one attached hydrogen (secondary N) is 1. The van der Waals surface area contributed by atoms with Gasteiger partial charge in [0.15, 0.2) is 5.76 Å². The lowest BCUT2D eigenvalue weighted by Crippen LogP contribution is -2.28. The molecule has 0 spiro atoms. The van der Waals surface area contributed by atoms with Crippen LogP contribution in [-0.4, -0.2) is 13.6 Å². The fourth-order valence-corrected chi connectivity index (χ4v) is 3.61. The largest absolute Gasteiger partial charge is 0.360 e. The molecule has 0 saturated carbocycles. The summed E-state index contributed by atoms with van der Waals surface area (Å²) in [6.07, 6.45) is 0. The zero-order valence-electron chi connectivity index (χ0n) is 11.6. The Labute approximate surface area is 121 Å². The Balaban J connectivity index is 2.35. The van der Waals surface area contributed by atoms with Crippen LogP contribution < -0.4 is 4.72 Å². The molecular weight excluding hydrogens is 302 g/mol. The van der Waals surface area contributed by atoms with Gasteiger partial charge < -0.3 is 4.52 Å². The van der Waals surface area contributed by atoms with Gasteiger partial charge in [-0.3, -0.25) is 0 Å². The predicted molar refractivity (Wildman–Crippen MR) is 71.1 cm³/mol. The first-order valence-electron chi connectivity index (χ1n) is 6.12. The topological polar surface area (TPSA) is 72.2 Å². The number of aromatic nitrogens is 1. The van der Waals surface area contributed by atoms with Crippen LogP contribution in [0.25, 0.3) is 0 Å². The van der Waals surface area contributed by atoms with Gasteiger partial charge in [0.05, 0.1) is 0 Å². The molecule has 21 heavy (non-hydrogen) atoms. The summed E-state index contributed by atoms with van der Waals surface area (Å²) >= 11 is 0. The maximum Gasteiger partial charge on any atom is 0.246 e. The third kappa shape index (κ3) is 3.11. The summed E-state index contributed by atoms with van der Waals surface area (Å²) in [6.45, 7) is 4.37. The highest BCUT2D eigenvalue weighted by Crippen LogP contribution is 2.23. The van der Waals surface area contributed by atoms with Gasteiger partial charge >= 0.3 is 0 Å². The molecule has 0 radical (unpaired) electrons. The highest BCUT2D eigenvalue weighted by atomic mass is 32.2. The minimum absolute atomic E-state index is 0.0784. The first-order chi connectivity index (χ1) is 9.72. The Morgan fingerprint density at radius 1 is 1.29 bits per heavy atom. The molecule has 0 saturated heterocycles. The molecule has 2 aromatic rings. The fourth-order valence-electron chi connectivity index (χ4n) is 2.06. The van der Waals surface area contributed by atoms with Crippen LogP contribution in [-0.2, 0) is 10.0 Å². The Morgan fingerprint density at radius 2 is 1.95 bits per heavy atom. The van der Waals surface area contributed by atoms with Crippen molar-refractivity contribution in [2.45, 2.75) is 31.7 Å². The van der Waals surface area contributed by atoms with Crippen molar-refractivity contribution in [1.82, 2.24) is 9.88 Å². The van der Waals surface area contributed by atoms with E-state index in [4.69, 9.17) is 4.52 Å². The lowest BCUT2D eigenvalue weighted by atomic mass is 10.1. The van der Waals surface area contributed by atoms with Crippen LogP contribution in [0.5, 0.6) is 0 Å². The maximum absolute atomic E-state index is 13.7. The number of aryl methyl sites for hydroxylation is 2. The van der Waals surface area contributed by atoms with Gasteiger partial charge in [-0.25, -0.2) is 21.9 Å². The standard InChI is InChI=1S/C13H14F2N2O3S/c1-7(11-6-10(14)4-5-12(11)15)17-21(18,19)13-8(2)16-20-9(13)3/h4-7,17H,1-3H3. The van der Waals surface area contributed by atoms with Crippen LogP contribution in [0.2, 0.25) is 0 Å². The smallest absolute Gasteiger partial charge is 0.246 e. The van der Waals surface area contributed by atoms with Crippen molar-refractivity contribution in [3.63, 3.8) is 0 Å². The number of halogens is 2. The van der Waals surface area contributed by atoms with Crippen molar-refractivity contribution in [1.29, 1.82) is 0 Å². The maximum atomic E-state index is 13.7. The molecule has 1 unspecified atom stereocenters. The molecule has 5 nitrogen and oxygen atoms in total. The van der Waals surface area contributed by atoms with Crippen LogP contribution in [0.3, 0.4) is 0 Å². The van der Waals surface area contributed by atoms with Crippen molar-refractivity contribution in [3.8, 4) is 0 Å². The van der Waals surface area contributed by atoms with Gasteiger partial charge in [-0.15, -0.1) is 0 Å². The summed E-state index contributed by atoms with van der Waals surface area (Å²) in [5.74, 6) is -1.20. The van der Waals surface area contributed by atoms with E-state index >= 15 is 0 Å². The number of hydrogen-bond donors (Lipinski definition) is 1. The van der Waals surface area contributed by atoms with Crippen molar-refractivity contribution in [2.24, 2.45) is 0 Å². The molecule has 0 aliphatic carbocycles. The summed E-state index contributed by atoms with van der Waals surface area (Å²) < 4.78 is 58.5. The second kappa shape index (κ2) is 5.53. The second-order valence-electron chi connectivity index (χ2n) is 4.66. The van der Waals surface area contributed by atoms with Crippen molar-refractivity contribution in [3.05, 3.63) is 46.9 Å². The summed E-state index contributed by atoms with van der Waals surface area (Å²) in [6, 6.07) is 1.93. The van der Waals surface area contributed by atoms with E-state index in [0.717, 1.165) is 18.2 Å². The first-order valence-corrected chi connectivity index (χ1v) is 7.61. The van der Waals surface area contributed by atoms with Crippen molar-refractivity contribution >= 4 is 10.0 Å². The summed E-state index contributed by atoms with van der Waals surface area (Å²) in [5.41, 5.74) is 0.122. The minimum atomic E-state index is -3.95. The lowest BCUT2D eigenvalue weighted by molar-refractivity contribution is 0.390. The van der Waals surface area contributed by atoms with E-state index in [9.17, 15) is 17.2 Å². The van der Waals surface area contributed by atoms with E-state index in [1.165, 1.54) is 20.8 Å². The van der Waals surface area contributed by atoms with E-state index in [1.807, 2.05) is 0 Å². The van der Waals surface area contributed by atoms with Crippen molar-refractivity contribution in [2.75, 3.05) is 0 Å². The van der Waals surface area contributed by atoms with Gasteiger partial charge in [-0.1, -0.05) is 5.16 Å². The SMILES string of the molecule is Cc1noc(C)c1S(=O)(=O)NC(C)c1cc(F)ccc1F. The first kappa shape index (κ1) is 15.6. The zero-order chi connectivity index (χ0) is 15.8. The highest BCUT2D eigenvalue weighted by molar-refractivity contribution is 7.89. The zero-order valence-corrected chi connectivity index (χ0v) is 12.5. The van der Waals surface area contributed by atoms with E-state index < -0.39 is 27.7 Å². The molecule has 114 valence electrons. The summed E-state index contributed by atoms with van der Waals surface area (Å²) in [5, 5.41) is 3.57. The molecule has 0 aliphatic rings. The van der Waals surface area contributed by atoms with E-state index in [0.29, 0.717) is 0 Å². The Morgan fingerprint density at radius 3 is 2.52 bits per heavy atom. The van der Waals surface area contributed by atoms with Crippen LogP contribution >= 0.6 is 0 Å². The van der Waals surface area contributed by atoms with Crippen LogP contribution in [0, 0.1) is 25.5 Å². The number of nitrogens with zero attached hydrogens (tertiary/aromatic N) is 1. The lowest BCUT2D eigenvalue weighted by Gasteiger charge is -2.15.